The molecule has 10 heteroatoms. The first-order valence-corrected chi connectivity index (χ1v) is 9.93. The van der Waals surface area contributed by atoms with Crippen molar-refractivity contribution in [1.29, 1.82) is 4.78 Å². The molecule has 4 nitrogen and oxygen atoms in total. The minimum Gasteiger partial charge on any atom is -0.312 e. The molecule has 1 aliphatic rings. The van der Waals surface area contributed by atoms with E-state index in [2.05, 4.69) is 5.32 Å². The molecule has 1 aliphatic heterocycles. The third-order valence-electron chi connectivity index (χ3n) is 4.59. The second-order valence-electron chi connectivity index (χ2n) is 6.42. The highest BCUT2D eigenvalue weighted by molar-refractivity contribution is 7.91. The summed E-state index contributed by atoms with van der Waals surface area (Å²) in [4.78, 5) is 0. The molecule has 2 aromatic rings. The topological polar surface area (TPSA) is 65.0 Å². The summed E-state index contributed by atoms with van der Waals surface area (Å²) in [6.07, 6.45) is 0.397. The van der Waals surface area contributed by atoms with Crippen molar-refractivity contribution in [3.63, 3.8) is 0 Å². The molecule has 3 N–H and O–H groups in total. The van der Waals surface area contributed by atoms with E-state index in [1.807, 2.05) is 10.8 Å². The Balaban J connectivity index is 0.00000280. The summed E-state index contributed by atoms with van der Waals surface area (Å²) in [6.45, 7) is 0.399. The van der Waals surface area contributed by atoms with E-state index in [-0.39, 0.29) is 25.2 Å². The Hall–Kier alpha value is -1.68. The third kappa shape index (κ3) is 4.83. The van der Waals surface area contributed by atoms with Crippen molar-refractivity contribution >= 4 is 22.3 Å². The first-order valence-electron chi connectivity index (χ1n) is 8.37. The molecule has 1 heterocycles. The summed E-state index contributed by atoms with van der Waals surface area (Å²) in [5.41, 5.74) is -3.68. The highest BCUT2D eigenvalue weighted by atomic mass is 35.5. The smallest absolute Gasteiger partial charge is 0.312 e. The van der Waals surface area contributed by atoms with Crippen LogP contribution >= 0.6 is 12.4 Å². The number of alkyl halides is 3. The Morgan fingerprint density at radius 3 is 2.46 bits per heavy atom. The van der Waals surface area contributed by atoms with E-state index in [1.165, 1.54) is 0 Å². The summed E-state index contributed by atoms with van der Waals surface area (Å²) in [7, 11) is -4.95. The molecule has 1 fully saturated rings. The lowest BCUT2D eigenvalue weighted by Gasteiger charge is -2.23. The predicted molar refractivity (Wildman–Crippen MR) is 103 cm³/mol. The molecule has 1 unspecified atom stereocenters. The van der Waals surface area contributed by atoms with Crippen LogP contribution in [0.25, 0.3) is 11.1 Å². The lowest BCUT2D eigenvalue weighted by atomic mass is 9.96. The molecule has 3 atom stereocenters. The van der Waals surface area contributed by atoms with E-state index >= 15 is 0 Å². The van der Waals surface area contributed by atoms with Gasteiger partial charge in [0.1, 0.15) is 5.82 Å². The third-order valence-corrected chi connectivity index (χ3v) is 5.88. The van der Waals surface area contributed by atoms with Gasteiger partial charge < -0.3 is 5.32 Å². The number of hydrogen-bond donors (Lipinski definition) is 3. The van der Waals surface area contributed by atoms with Gasteiger partial charge in [-0.3, -0.25) is 0 Å². The maximum Gasteiger partial charge on any atom is 0.492 e. The SMILES string of the molecule is Cl.N=S(=O)(N[C@H]1CCN[C@H]1Cc1cccc(-c2ccccc2)c1F)C(F)(F)F. The molecule has 154 valence electrons. The van der Waals surface area contributed by atoms with Crippen LogP contribution in [0.2, 0.25) is 0 Å². The van der Waals surface area contributed by atoms with Gasteiger partial charge in [-0.05, 0) is 30.5 Å². The Labute approximate surface area is 167 Å². The van der Waals surface area contributed by atoms with E-state index in [0.717, 1.165) is 0 Å². The van der Waals surface area contributed by atoms with Gasteiger partial charge in [-0.2, -0.15) is 13.2 Å². The van der Waals surface area contributed by atoms with Gasteiger partial charge in [0.05, 0.1) is 0 Å². The van der Waals surface area contributed by atoms with Crippen LogP contribution in [0.4, 0.5) is 17.6 Å². The van der Waals surface area contributed by atoms with Gasteiger partial charge in [0.2, 0.25) is 9.92 Å². The fraction of sp³-hybridized carbons (Fsp3) is 0.333. The van der Waals surface area contributed by atoms with Crippen molar-refractivity contribution in [2.24, 2.45) is 0 Å². The van der Waals surface area contributed by atoms with Crippen LogP contribution in [0.5, 0.6) is 0 Å². The maximum atomic E-state index is 14.9. The van der Waals surface area contributed by atoms with Gasteiger partial charge in [-0.15, -0.1) is 12.4 Å². The zero-order chi connectivity index (χ0) is 19.7. The van der Waals surface area contributed by atoms with Gasteiger partial charge >= 0.3 is 5.51 Å². The summed E-state index contributed by atoms with van der Waals surface area (Å²) in [5.74, 6) is -0.432. The van der Waals surface area contributed by atoms with Crippen molar-refractivity contribution in [3.05, 3.63) is 59.9 Å². The van der Waals surface area contributed by atoms with Gasteiger partial charge in [0.15, 0.2) is 0 Å². The lowest BCUT2D eigenvalue weighted by molar-refractivity contribution is -0.0420. The van der Waals surface area contributed by atoms with Crippen molar-refractivity contribution < 1.29 is 21.8 Å². The largest absolute Gasteiger partial charge is 0.492 e. The molecule has 0 spiro atoms. The maximum absolute atomic E-state index is 14.9. The molecular formula is C18H20ClF4N3OS. The van der Waals surface area contributed by atoms with Crippen LogP contribution < -0.4 is 10.0 Å². The van der Waals surface area contributed by atoms with Crippen molar-refractivity contribution in [3.8, 4) is 11.1 Å². The van der Waals surface area contributed by atoms with Crippen molar-refractivity contribution in [1.82, 2.24) is 10.0 Å². The van der Waals surface area contributed by atoms with Gasteiger partial charge in [0, 0.05) is 17.6 Å². The zero-order valence-electron chi connectivity index (χ0n) is 14.6. The molecule has 0 aromatic heterocycles. The number of rotatable bonds is 5. The van der Waals surface area contributed by atoms with E-state index in [1.54, 1.807) is 42.5 Å². The summed E-state index contributed by atoms with van der Waals surface area (Å²) in [5, 5.41) is 3.01. The van der Waals surface area contributed by atoms with Gasteiger partial charge in [0.25, 0.3) is 0 Å². The fourth-order valence-electron chi connectivity index (χ4n) is 3.22. The minimum absolute atomic E-state index is 0. The number of nitrogens with one attached hydrogen (secondary N) is 3. The standard InChI is InChI=1S/C18H19F4N3OS.ClH/c19-17-13(7-4-8-14(17)12-5-2-1-3-6-12)11-16-15(9-10-24-16)25-27(23,26)18(20,21)22;/h1-8,15-16,24H,9-11H2,(H2,23,25,26);1H/t15-,16-,27?;/m0./s1. The molecule has 28 heavy (non-hydrogen) atoms. The summed E-state index contributed by atoms with van der Waals surface area (Å²) >= 11 is 0. The molecule has 2 aromatic carbocycles. The molecule has 0 aliphatic carbocycles. The molecule has 0 saturated carbocycles. The van der Waals surface area contributed by atoms with Crippen LogP contribution in [0.3, 0.4) is 0 Å². The number of halogens is 5. The zero-order valence-corrected chi connectivity index (χ0v) is 16.3. The Bertz CT molecular complexity index is 907. The highest BCUT2D eigenvalue weighted by Gasteiger charge is 2.44. The highest BCUT2D eigenvalue weighted by Crippen LogP contribution is 2.28. The van der Waals surface area contributed by atoms with Crippen LogP contribution in [0.15, 0.2) is 48.5 Å². The summed E-state index contributed by atoms with van der Waals surface area (Å²) in [6, 6.07) is 12.5. The van der Waals surface area contributed by atoms with Crippen LogP contribution in [0, 0.1) is 10.6 Å². The Morgan fingerprint density at radius 2 is 1.82 bits per heavy atom. The monoisotopic (exact) mass is 437 g/mol. The average molecular weight is 438 g/mol. The average Bonchev–Trinajstić information content (AvgIpc) is 3.03. The normalized spacial score (nSPS) is 21.7. The number of hydrogen-bond acceptors (Lipinski definition) is 3. The Morgan fingerprint density at radius 1 is 1.14 bits per heavy atom. The van der Waals surface area contributed by atoms with Crippen LogP contribution in [-0.4, -0.2) is 28.3 Å². The van der Waals surface area contributed by atoms with E-state index in [0.29, 0.717) is 23.2 Å². The quantitative estimate of drug-likeness (QED) is 0.612. The lowest BCUT2D eigenvalue weighted by Crippen LogP contribution is -2.48. The molecule has 1 saturated heterocycles. The van der Waals surface area contributed by atoms with Crippen molar-refractivity contribution in [2.75, 3.05) is 6.54 Å². The van der Waals surface area contributed by atoms with Gasteiger partial charge in [-0.25, -0.2) is 18.1 Å². The van der Waals surface area contributed by atoms with E-state index in [4.69, 9.17) is 4.78 Å². The molecule has 3 rings (SSSR count). The minimum atomic E-state index is -5.15. The molecule has 0 radical (unpaired) electrons. The van der Waals surface area contributed by atoms with Crippen molar-refractivity contribution in [2.45, 2.75) is 30.4 Å². The van der Waals surface area contributed by atoms with Crippen LogP contribution in [0.1, 0.15) is 12.0 Å². The summed E-state index contributed by atoms with van der Waals surface area (Å²) < 4.78 is 73.8. The Kier molecular flexibility index (Phi) is 7.08. The van der Waals surface area contributed by atoms with Gasteiger partial charge in [-0.1, -0.05) is 48.5 Å². The van der Waals surface area contributed by atoms with E-state index < -0.39 is 33.3 Å². The second kappa shape index (κ2) is 8.77. The first-order chi connectivity index (χ1) is 12.7. The van der Waals surface area contributed by atoms with E-state index in [9.17, 15) is 21.8 Å². The van der Waals surface area contributed by atoms with Crippen LogP contribution in [-0.2, 0) is 16.3 Å². The molecule has 0 amide bonds. The molecule has 0 bridgehead atoms. The number of benzene rings is 2. The predicted octanol–water partition coefficient (Wildman–Crippen LogP) is 4.26. The fourth-order valence-corrected chi connectivity index (χ4v) is 4.06. The molecular weight excluding hydrogens is 418 g/mol. The second-order valence-corrected chi connectivity index (χ2v) is 8.24. The first kappa shape index (κ1) is 22.6.